The number of fused-ring (bicyclic) bond motifs is 2. The molecule has 12 N–H and O–H groups in total. The van der Waals surface area contributed by atoms with Gasteiger partial charge in [0.2, 0.25) is 0 Å². The minimum absolute atomic E-state index is 0.0234. The number of methoxy groups -OCH3 is 5. The Balaban J connectivity index is 1.00. The fraction of sp³-hybridized carbons (Fsp3) is 0.647. The highest BCUT2D eigenvalue weighted by Gasteiger charge is 2.58. The lowest BCUT2D eigenvalue weighted by Crippen LogP contribution is -2.41. The third-order valence-electron chi connectivity index (χ3n) is 15.7. The van der Waals surface area contributed by atoms with Gasteiger partial charge in [-0.1, -0.05) is 0 Å². The van der Waals surface area contributed by atoms with Gasteiger partial charge in [0.1, 0.15) is 90.3 Å². The summed E-state index contributed by atoms with van der Waals surface area (Å²) in [6.45, 7) is -17.5. The van der Waals surface area contributed by atoms with Gasteiger partial charge in [-0.2, -0.15) is 9.97 Å². The van der Waals surface area contributed by atoms with Gasteiger partial charge in [0.15, 0.2) is 66.7 Å². The second kappa shape index (κ2) is 34.7. The number of hydrogen-bond acceptors (Lipinski definition) is 39. The van der Waals surface area contributed by atoms with Crippen molar-refractivity contribution in [2.24, 2.45) is 0 Å². The topological polar surface area (TPSA) is 536 Å². The molecule has 10 heterocycles. The number of hydrogen-bond donors (Lipinski definition) is 8. The van der Waals surface area contributed by atoms with E-state index in [0.717, 1.165) is 22.6 Å². The zero-order valence-corrected chi connectivity index (χ0v) is 62.2. The molecule has 6 aromatic rings. The first-order valence-corrected chi connectivity index (χ1v) is 40.7. The highest BCUT2D eigenvalue weighted by atomic mass is 32.5. The van der Waals surface area contributed by atoms with E-state index >= 15 is 0 Å². The van der Waals surface area contributed by atoms with E-state index in [-0.39, 0.29) is 104 Å². The molecule has 0 bridgehead atoms. The molecule has 4 fully saturated rings. The number of imidazole rings is 2. The van der Waals surface area contributed by atoms with Crippen LogP contribution in [0.15, 0.2) is 47.3 Å². The summed E-state index contributed by atoms with van der Waals surface area (Å²) in [5.41, 5.74) is 23.8. The average molecular weight is 1600 g/mol. The number of ether oxygens (including phenoxy) is 13. The second-order valence-electron chi connectivity index (χ2n) is 22.3. The Morgan fingerprint density at radius 3 is 1.21 bits per heavy atom. The van der Waals surface area contributed by atoms with Crippen molar-refractivity contribution in [1.29, 1.82) is 0 Å². The molecule has 20 atom stereocenters. The van der Waals surface area contributed by atoms with E-state index in [0.29, 0.717) is 5.56 Å². The van der Waals surface area contributed by atoms with Crippen molar-refractivity contribution >= 4 is 120 Å². The van der Waals surface area contributed by atoms with Crippen molar-refractivity contribution in [2.45, 2.75) is 113 Å². The van der Waals surface area contributed by atoms with E-state index in [9.17, 15) is 29.2 Å². The Morgan fingerprint density at radius 1 is 0.441 bits per heavy atom. The molecule has 6 aromatic heterocycles. The van der Waals surface area contributed by atoms with Crippen LogP contribution in [0.25, 0.3) is 22.3 Å². The maximum atomic E-state index is 13.9. The SMILES string of the molecule is COCCO[C@H]1C(OP(O)(=S)OC[C@H]2O[C@@H](n3cc(C)c(N)nc3=O)[C@@H](OCCOC)C2OP(O)(=S)OC)[C@@H](OP(O)(=S)OC2[C@@H](OP(O)(=S)OC3[C@@H](OC)O[C@@H](n4cnc5c(N)ncnc54)[C@H]3OCCOC)O[C@@H](n3cnc4c(N)ncnc43)[C@H]2OCCOC)O[C@H]1n1cc(C)c(N)nc1=O. The molecule has 10 rings (SSSR count). The van der Waals surface area contributed by atoms with Gasteiger partial charge in [0.25, 0.3) is 0 Å². The fourth-order valence-electron chi connectivity index (χ4n) is 11.0. The summed E-state index contributed by atoms with van der Waals surface area (Å²) in [6.07, 6.45) is -17.7. The van der Waals surface area contributed by atoms with E-state index < -0.39 is 144 Å². The van der Waals surface area contributed by atoms with Crippen molar-refractivity contribution < 1.29 is 117 Å². The Labute approximate surface area is 599 Å². The van der Waals surface area contributed by atoms with Crippen LogP contribution >= 0.6 is 26.9 Å². The maximum absolute atomic E-state index is 13.9. The normalized spacial score (nSPS) is 29.2. The van der Waals surface area contributed by atoms with Gasteiger partial charge >= 0.3 is 38.3 Å². The molecule has 4 saturated heterocycles. The van der Waals surface area contributed by atoms with Gasteiger partial charge in [-0.3, -0.25) is 45.4 Å². The third kappa shape index (κ3) is 18.6. The molecular weight excluding hydrogens is 1520 g/mol. The van der Waals surface area contributed by atoms with Crippen LogP contribution in [-0.4, -0.2) is 254 Å². The quantitative estimate of drug-likeness (QED) is 0.0179. The van der Waals surface area contributed by atoms with Gasteiger partial charge in [-0.05, 0) is 61.1 Å². The lowest BCUT2D eigenvalue weighted by atomic mass is 10.1. The van der Waals surface area contributed by atoms with Crippen LogP contribution in [-0.2, 0) is 145 Å². The number of aromatic nitrogens is 12. The molecule has 0 radical (unpaired) electrons. The smallest absolute Gasteiger partial charge is 0.351 e. The summed E-state index contributed by atoms with van der Waals surface area (Å²) < 4.78 is 131. The van der Waals surface area contributed by atoms with Gasteiger partial charge < -0.3 is 113 Å². The van der Waals surface area contributed by atoms with Gasteiger partial charge in [0.05, 0.1) is 72.1 Å². The molecule has 0 spiro atoms. The first-order valence-electron chi connectivity index (χ1n) is 30.3. The first kappa shape index (κ1) is 80.2. The van der Waals surface area contributed by atoms with Crippen LogP contribution in [0.3, 0.4) is 0 Å². The molecule has 566 valence electrons. The molecule has 8 unspecified atom stereocenters. The molecule has 0 aromatic carbocycles. The van der Waals surface area contributed by atoms with Crippen molar-refractivity contribution in [3.05, 3.63) is 69.8 Å². The largest absolute Gasteiger partial charge is 0.383 e. The van der Waals surface area contributed by atoms with E-state index in [4.69, 9.17) is 168 Å². The molecule has 0 aliphatic carbocycles. The Hall–Kier alpha value is -4.34. The van der Waals surface area contributed by atoms with Crippen molar-refractivity contribution in [3.8, 4) is 0 Å². The summed E-state index contributed by atoms with van der Waals surface area (Å²) in [5.74, 6) is -0.209. The lowest BCUT2D eigenvalue weighted by Gasteiger charge is -2.32. The summed E-state index contributed by atoms with van der Waals surface area (Å²) >= 11 is 22.6. The standard InChI is InChI=1S/C51H76N16O27P4S4/c1-24-17-64(50(68)62-37(24)52)43-30(80-13-9-74-3)29(89-95(70,99)79-8)26(85-43)19-84-96(71,100)90-35-32(82-15-11-76-5)44(65-18-25(2)38(53)63-51(65)69)87-48(35)93-98(73,102)92-36-33(83-16-12-77-6)46(67-23-61-28-40(55)57-21-59-42(28)67)88-49(36)94-97(72,101)91-34-31(81-14-10-75-4)45(86-47(34)78-7)66-22-60-27-39(54)56-20-58-41(27)66/h17-18,20-23,26,29-36,43-49H,9-16,19H2,1-8H3,(H,70,99)(H,71,100)(H,72,101)(H,73,102)(H2,52,62,68)(H2,53,63,69)(H2,54,56,58)(H2,55,57,59)/t26-,29?,30+,31+,32+,33+,34?,35?,36?,43-,44-,45-,46-,47+,48-,49-,95?,96?,97?,98?/m1/s1. The lowest BCUT2D eigenvalue weighted by molar-refractivity contribution is -0.164. The molecule has 4 aliphatic rings. The van der Waals surface area contributed by atoms with E-state index in [1.807, 2.05) is 0 Å². The van der Waals surface area contributed by atoms with Crippen LogP contribution < -0.4 is 34.3 Å². The predicted octanol–water partition coefficient (Wildman–Crippen LogP) is -0.535. The summed E-state index contributed by atoms with van der Waals surface area (Å²) in [7, 11) is 8.02. The van der Waals surface area contributed by atoms with Crippen LogP contribution in [0.1, 0.15) is 36.0 Å². The second-order valence-corrected chi connectivity index (χ2v) is 33.5. The van der Waals surface area contributed by atoms with E-state index in [1.165, 1.54) is 83.0 Å². The maximum Gasteiger partial charge on any atom is 0.351 e. The zero-order valence-electron chi connectivity index (χ0n) is 55.3. The fourth-order valence-corrected chi connectivity index (χ4v) is 16.4. The number of nitrogens with two attached hydrogens (primary N) is 4. The molecule has 102 heavy (non-hydrogen) atoms. The van der Waals surface area contributed by atoms with Crippen LogP contribution in [0, 0.1) is 13.8 Å². The van der Waals surface area contributed by atoms with Crippen LogP contribution in [0.5, 0.6) is 0 Å². The summed E-state index contributed by atoms with van der Waals surface area (Å²) in [4.78, 5) is 110. The van der Waals surface area contributed by atoms with Crippen molar-refractivity contribution in [1.82, 2.24) is 58.1 Å². The van der Waals surface area contributed by atoms with Crippen molar-refractivity contribution in [2.75, 3.05) is 125 Å². The zero-order chi connectivity index (χ0) is 73.6. The molecule has 51 heteroatoms. The number of nitrogens with zero attached hydrogens (tertiary/aromatic N) is 12. The molecule has 0 saturated carbocycles. The molecule has 43 nitrogen and oxygen atoms in total. The minimum atomic E-state index is -5.14. The average Bonchev–Trinajstić information content (AvgIpc) is 1.62. The highest BCUT2D eigenvalue weighted by molar-refractivity contribution is 8.08. The Morgan fingerprint density at radius 2 is 0.804 bits per heavy atom. The van der Waals surface area contributed by atoms with Gasteiger partial charge in [-0.15, -0.1) is 0 Å². The number of rotatable bonds is 37. The van der Waals surface area contributed by atoms with Gasteiger partial charge in [0, 0.05) is 66.2 Å². The summed E-state index contributed by atoms with van der Waals surface area (Å²) in [6, 6.07) is 0. The monoisotopic (exact) mass is 1600 g/mol. The Bertz CT molecular complexity index is 4200. The van der Waals surface area contributed by atoms with Crippen LogP contribution in [0.4, 0.5) is 23.3 Å². The third-order valence-corrected chi connectivity index (χ3v) is 21.9. The molecule has 0 amide bonds. The summed E-state index contributed by atoms with van der Waals surface area (Å²) in [5, 5.41) is 0. The predicted molar refractivity (Wildman–Crippen MR) is 365 cm³/mol. The Kier molecular flexibility index (Phi) is 27.3. The van der Waals surface area contributed by atoms with E-state index in [2.05, 4.69) is 39.9 Å². The van der Waals surface area contributed by atoms with Crippen LogP contribution in [0.2, 0.25) is 0 Å². The molecule has 4 aliphatic heterocycles. The number of aryl methyl sites for hydroxylation is 2. The number of anilines is 4. The van der Waals surface area contributed by atoms with E-state index in [1.54, 1.807) is 6.92 Å². The minimum Gasteiger partial charge on any atom is -0.383 e. The van der Waals surface area contributed by atoms with Gasteiger partial charge in [-0.25, -0.2) is 39.5 Å². The number of nitrogen functional groups attached to an aromatic ring is 4. The van der Waals surface area contributed by atoms with Crippen molar-refractivity contribution in [3.63, 3.8) is 0 Å². The highest BCUT2D eigenvalue weighted by Crippen LogP contribution is 2.59. The molecular formula is C51H76N16O27P4S4. The first-order chi connectivity index (χ1) is 48.6.